The molecule has 0 radical (unpaired) electrons. The van der Waals surface area contributed by atoms with Crippen LogP contribution in [0, 0.1) is 0 Å². The predicted octanol–water partition coefficient (Wildman–Crippen LogP) is -0.157. The first-order chi connectivity index (χ1) is 6.27. The van der Waals surface area contributed by atoms with Crippen molar-refractivity contribution < 1.29 is 9.53 Å². The average molecular weight is 186 g/mol. The van der Waals surface area contributed by atoms with E-state index in [1.54, 1.807) is 7.11 Å². The van der Waals surface area contributed by atoms with E-state index in [1.807, 2.05) is 4.90 Å². The zero-order valence-electron chi connectivity index (χ0n) is 8.38. The molecule has 1 aliphatic rings. The van der Waals surface area contributed by atoms with Gasteiger partial charge in [-0.1, -0.05) is 6.92 Å². The van der Waals surface area contributed by atoms with E-state index < -0.39 is 0 Å². The van der Waals surface area contributed by atoms with Crippen molar-refractivity contribution >= 4 is 5.91 Å². The molecule has 76 valence electrons. The van der Waals surface area contributed by atoms with Crippen LogP contribution >= 0.6 is 0 Å². The Bertz CT molecular complexity index is 173. The van der Waals surface area contributed by atoms with Crippen LogP contribution in [0.5, 0.6) is 0 Å². The van der Waals surface area contributed by atoms with Crippen LogP contribution in [0.4, 0.5) is 0 Å². The molecule has 1 N–H and O–H groups in total. The van der Waals surface area contributed by atoms with Crippen molar-refractivity contribution in [3.05, 3.63) is 0 Å². The van der Waals surface area contributed by atoms with E-state index in [0.717, 1.165) is 26.1 Å². The first-order valence-electron chi connectivity index (χ1n) is 4.78. The Kier molecular flexibility index (Phi) is 4.18. The van der Waals surface area contributed by atoms with Gasteiger partial charge in [0.2, 0.25) is 5.91 Å². The van der Waals surface area contributed by atoms with E-state index >= 15 is 0 Å². The Morgan fingerprint density at radius 1 is 1.69 bits per heavy atom. The van der Waals surface area contributed by atoms with Crippen LogP contribution < -0.4 is 5.32 Å². The zero-order chi connectivity index (χ0) is 9.68. The van der Waals surface area contributed by atoms with Crippen LogP contribution in [0.1, 0.15) is 13.3 Å². The quantitative estimate of drug-likeness (QED) is 0.663. The van der Waals surface area contributed by atoms with Gasteiger partial charge in [0.25, 0.3) is 0 Å². The molecule has 1 amide bonds. The van der Waals surface area contributed by atoms with Crippen LogP contribution in [0.3, 0.4) is 0 Å². The molecule has 0 saturated carbocycles. The highest BCUT2D eigenvalue weighted by Crippen LogP contribution is 2.08. The summed E-state index contributed by atoms with van der Waals surface area (Å²) in [5.41, 5.74) is 0. The van der Waals surface area contributed by atoms with E-state index in [1.165, 1.54) is 0 Å². The first-order valence-corrected chi connectivity index (χ1v) is 4.78. The summed E-state index contributed by atoms with van der Waals surface area (Å²) in [6, 6.07) is 0.478. The molecule has 1 aliphatic heterocycles. The first kappa shape index (κ1) is 10.5. The number of carbonyl (C=O) groups excluding carboxylic acids is 1. The number of rotatable bonds is 4. The zero-order valence-corrected chi connectivity index (χ0v) is 8.38. The maximum absolute atomic E-state index is 11.4. The number of amides is 1. The summed E-state index contributed by atoms with van der Waals surface area (Å²) in [5.74, 6) is 0.0999. The molecule has 0 spiro atoms. The Morgan fingerprint density at radius 2 is 2.46 bits per heavy atom. The number of nitrogens with one attached hydrogen (secondary N) is 1. The lowest BCUT2D eigenvalue weighted by atomic mass is 10.3. The van der Waals surface area contributed by atoms with E-state index in [0.29, 0.717) is 6.04 Å². The molecular formula is C9H18N2O2. The number of carbonyl (C=O) groups is 1. The Hall–Kier alpha value is -0.610. The van der Waals surface area contributed by atoms with E-state index in [2.05, 4.69) is 12.2 Å². The predicted molar refractivity (Wildman–Crippen MR) is 50.5 cm³/mol. The smallest absolute Gasteiger partial charge is 0.248 e. The fourth-order valence-corrected chi connectivity index (χ4v) is 1.66. The number of methoxy groups -OCH3 is 1. The Morgan fingerprint density at radius 3 is 3.08 bits per heavy atom. The standard InChI is InChI=1S/C9H18N2O2/c1-3-10-8-4-5-11(6-8)9(12)7-13-2/h8,10H,3-7H2,1-2H3. The minimum Gasteiger partial charge on any atom is -0.375 e. The number of nitrogens with zero attached hydrogens (tertiary/aromatic N) is 1. The molecule has 4 heteroatoms. The van der Waals surface area contributed by atoms with E-state index in [-0.39, 0.29) is 12.5 Å². The minimum atomic E-state index is 0.0999. The Labute approximate surface area is 79.2 Å². The van der Waals surface area contributed by atoms with Crippen LogP contribution in [0.2, 0.25) is 0 Å². The van der Waals surface area contributed by atoms with Crippen molar-refractivity contribution in [1.82, 2.24) is 10.2 Å². The van der Waals surface area contributed by atoms with Crippen molar-refractivity contribution in [3.63, 3.8) is 0 Å². The monoisotopic (exact) mass is 186 g/mol. The summed E-state index contributed by atoms with van der Waals surface area (Å²) in [5, 5.41) is 3.34. The summed E-state index contributed by atoms with van der Waals surface area (Å²) >= 11 is 0. The lowest BCUT2D eigenvalue weighted by Gasteiger charge is -2.15. The van der Waals surface area contributed by atoms with Crippen molar-refractivity contribution in [3.8, 4) is 0 Å². The molecule has 0 aromatic carbocycles. The SMILES string of the molecule is CCNC1CCN(C(=O)COC)C1. The summed E-state index contributed by atoms with van der Waals surface area (Å²) in [6.45, 7) is 4.95. The van der Waals surface area contributed by atoms with Crippen molar-refractivity contribution in [1.29, 1.82) is 0 Å². The van der Waals surface area contributed by atoms with Gasteiger partial charge in [0.15, 0.2) is 0 Å². The fraction of sp³-hybridized carbons (Fsp3) is 0.889. The molecule has 0 aromatic heterocycles. The molecule has 1 heterocycles. The highest BCUT2D eigenvalue weighted by molar-refractivity contribution is 5.77. The van der Waals surface area contributed by atoms with E-state index in [4.69, 9.17) is 4.74 Å². The number of hydrogen-bond acceptors (Lipinski definition) is 3. The van der Waals surface area contributed by atoms with Crippen LogP contribution in [0.25, 0.3) is 0 Å². The van der Waals surface area contributed by atoms with Gasteiger partial charge in [-0.15, -0.1) is 0 Å². The number of hydrogen-bond donors (Lipinski definition) is 1. The topological polar surface area (TPSA) is 41.6 Å². The van der Waals surface area contributed by atoms with Gasteiger partial charge in [-0.2, -0.15) is 0 Å². The molecule has 13 heavy (non-hydrogen) atoms. The normalized spacial score (nSPS) is 22.3. The number of likely N-dealkylation sites (N-methyl/N-ethyl adjacent to an activating group) is 1. The van der Waals surface area contributed by atoms with Gasteiger partial charge in [-0.25, -0.2) is 0 Å². The highest BCUT2D eigenvalue weighted by atomic mass is 16.5. The maximum atomic E-state index is 11.4. The second-order valence-electron chi connectivity index (χ2n) is 3.32. The molecule has 4 nitrogen and oxygen atoms in total. The summed E-state index contributed by atoms with van der Waals surface area (Å²) < 4.78 is 4.80. The van der Waals surface area contributed by atoms with E-state index in [9.17, 15) is 4.79 Å². The second kappa shape index (κ2) is 5.19. The highest BCUT2D eigenvalue weighted by Gasteiger charge is 2.24. The van der Waals surface area contributed by atoms with Gasteiger partial charge in [-0.3, -0.25) is 4.79 Å². The summed E-state index contributed by atoms with van der Waals surface area (Å²) in [7, 11) is 1.55. The van der Waals surface area contributed by atoms with Gasteiger partial charge >= 0.3 is 0 Å². The fourth-order valence-electron chi connectivity index (χ4n) is 1.66. The van der Waals surface area contributed by atoms with Gasteiger partial charge < -0.3 is 15.0 Å². The average Bonchev–Trinajstić information content (AvgIpc) is 2.54. The third kappa shape index (κ3) is 2.97. The second-order valence-corrected chi connectivity index (χ2v) is 3.32. The summed E-state index contributed by atoms with van der Waals surface area (Å²) in [4.78, 5) is 13.2. The number of likely N-dealkylation sites (tertiary alicyclic amines) is 1. The van der Waals surface area contributed by atoms with Crippen LogP contribution in [0.15, 0.2) is 0 Å². The minimum absolute atomic E-state index is 0.0999. The molecule has 0 aromatic rings. The lowest BCUT2D eigenvalue weighted by Crippen LogP contribution is -2.36. The molecule has 1 atom stereocenters. The van der Waals surface area contributed by atoms with Gasteiger partial charge in [0.1, 0.15) is 6.61 Å². The summed E-state index contributed by atoms with van der Waals surface area (Å²) in [6.07, 6.45) is 1.06. The lowest BCUT2D eigenvalue weighted by molar-refractivity contribution is -0.134. The molecular weight excluding hydrogens is 168 g/mol. The van der Waals surface area contributed by atoms with Crippen molar-refractivity contribution in [2.24, 2.45) is 0 Å². The van der Waals surface area contributed by atoms with Gasteiger partial charge in [-0.05, 0) is 13.0 Å². The molecule has 0 bridgehead atoms. The van der Waals surface area contributed by atoms with Crippen LogP contribution in [-0.2, 0) is 9.53 Å². The maximum Gasteiger partial charge on any atom is 0.248 e. The molecule has 1 fully saturated rings. The van der Waals surface area contributed by atoms with Gasteiger partial charge in [0.05, 0.1) is 0 Å². The van der Waals surface area contributed by atoms with Crippen molar-refractivity contribution in [2.45, 2.75) is 19.4 Å². The van der Waals surface area contributed by atoms with Gasteiger partial charge in [0, 0.05) is 26.2 Å². The molecule has 1 saturated heterocycles. The van der Waals surface area contributed by atoms with Crippen molar-refractivity contribution in [2.75, 3.05) is 33.4 Å². The Balaban J connectivity index is 2.27. The molecule has 1 unspecified atom stereocenters. The largest absolute Gasteiger partial charge is 0.375 e. The third-order valence-corrected chi connectivity index (χ3v) is 2.30. The third-order valence-electron chi connectivity index (χ3n) is 2.30. The number of ether oxygens (including phenoxy) is 1. The molecule has 0 aliphatic carbocycles. The molecule has 1 rings (SSSR count). The van der Waals surface area contributed by atoms with Crippen LogP contribution in [-0.4, -0.2) is 50.2 Å².